The molecule has 0 aliphatic rings. The summed E-state index contributed by atoms with van der Waals surface area (Å²) in [7, 11) is 0. The molecule has 0 aliphatic carbocycles. The highest BCUT2D eigenvalue weighted by Crippen LogP contribution is 2.14. The van der Waals surface area contributed by atoms with E-state index in [1.807, 2.05) is 12.3 Å². The molecule has 0 saturated carbocycles. The van der Waals surface area contributed by atoms with Crippen LogP contribution in [-0.4, -0.2) is 17.1 Å². The van der Waals surface area contributed by atoms with E-state index in [2.05, 4.69) is 49.4 Å². The molecule has 0 saturated heterocycles. The third-order valence-electron chi connectivity index (χ3n) is 2.07. The summed E-state index contributed by atoms with van der Waals surface area (Å²) in [6.07, 6.45) is 3.01. The quantitative estimate of drug-likeness (QED) is 0.751. The van der Waals surface area contributed by atoms with Crippen molar-refractivity contribution in [1.82, 2.24) is 10.3 Å². The van der Waals surface area contributed by atoms with Gasteiger partial charge in [-0.25, -0.2) is 0 Å². The van der Waals surface area contributed by atoms with E-state index >= 15 is 0 Å². The summed E-state index contributed by atoms with van der Waals surface area (Å²) in [5, 5.41) is 6.80. The van der Waals surface area contributed by atoms with Crippen molar-refractivity contribution >= 4 is 5.69 Å². The Morgan fingerprint density at radius 2 is 2.06 bits per heavy atom. The second-order valence-electron chi connectivity index (χ2n) is 5.09. The van der Waals surface area contributed by atoms with Crippen molar-refractivity contribution < 1.29 is 0 Å². The molecule has 0 bridgehead atoms. The maximum atomic E-state index is 4.34. The van der Waals surface area contributed by atoms with Gasteiger partial charge in [-0.15, -0.1) is 0 Å². The molecule has 1 aromatic heterocycles. The fraction of sp³-hybridized carbons (Fsp3) is 0.615. The van der Waals surface area contributed by atoms with Crippen LogP contribution in [0.25, 0.3) is 0 Å². The van der Waals surface area contributed by atoms with E-state index in [1.54, 1.807) is 0 Å². The number of anilines is 1. The Labute approximate surface area is 98.7 Å². The summed E-state index contributed by atoms with van der Waals surface area (Å²) in [5.74, 6) is 0. The van der Waals surface area contributed by atoms with Crippen LogP contribution in [0.4, 0.5) is 5.69 Å². The molecule has 1 aromatic rings. The molecule has 0 spiro atoms. The zero-order valence-corrected chi connectivity index (χ0v) is 10.8. The number of pyridine rings is 1. The van der Waals surface area contributed by atoms with E-state index < -0.39 is 0 Å². The zero-order valence-electron chi connectivity index (χ0n) is 10.8. The normalized spacial score (nSPS) is 11.5. The summed E-state index contributed by atoms with van der Waals surface area (Å²) in [5.41, 5.74) is 2.31. The Hall–Kier alpha value is -1.09. The predicted molar refractivity (Wildman–Crippen MR) is 69.6 cm³/mol. The lowest BCUT2D eigenvalue weighted by Crippen LogP contribution is -2.26. The number of nitrogens with one attached hydrogen (secondary N) is 2. The van der Waals surface area contributed by atoms with Gasteiger partial charge in [0, 0.05) is 24.0 Å². The van der Waals surface area contributed by atoms with Gasteiger partial charge in [0.25, 0.3) is 0 Å². The minimum Gasteiger partial charge on any atom is -0.380 e. The van der Waals surface area contributed by atoms with Crippen molar-refractivity contribution in [3.05, 3.63) is 24.0 Å². The van der Waals surface area contributed by atoms with Gasteiger partial charge in [-0.2, -0.15) is 0 Å². The molecule has 0 unspecified atom stereocenters. The van der Waals surface area contributed by atoms with Crippen LogP contribution in [-0.2, 0) is 6.54 Å². The molecule has 16 heavy (non-hydrogen) atoms. The summed E-state index contributed by atoms with van der Waals surface area (Å²) in [6, 6.07) is 4.11. The summed E-state index contributed by atoms with van der Waals surface area (Å²) in [4.78, 5) is 4.34. The van der Waals surface area contributed by atoms with Crippen molar-refractivity contribution in [1.29, 1.82) is 0 Å². The lowest BCUT2D eigenvalue weighted by Gasteiger charge is -2.22. The molecular weight excluding hydrogens is 198 g/mol. The van der Waals surface area contributed by atoms with Crippen LogP contribution in [0.5, 0.6) is 0 Å². The van der Waals surface area contributed by atoms with Gasteiger partial charge in [-0.3, -0.25) is 4.98 Å². The molecule has 0 aliphatic heterocycles. The second kappa shape index (κ2) is 5.85. The summed E-state index contributed by atoms with van der Waals surface area (Å²) >= 11 is 0. The Balaban J connectivity index is 2.57. The smallest absolute Gasteiger partial charge is 0.0562 e. The van der Waals surface area contributed by atoms with Gasteiger partial charge in [0.15, 0.2) is 0 Å². The average Bonchev–Trinajstić information content (AvgIpc) is 2.16. The fourth-order valence-electron chi connectivity index (χ4n) is 1.48. The molecule has 0 fully saturated rings. The first kappa shape index (κ1) is 13.0. The van der Waals surface area contributed by atoms with Crippen LogP contribution in [0.15, 0.2) is 18.3 Å². The van der Waals surface area contributed by atoms with Crippen LogP contribution in [0.2, 0.25) is 0 Å². The van der Waals surface area contributed by atoms with Crippen molar-refractivity contribution in [3.8, 4) is 0 Å². The van der Waals surface area contributed by atoms with Crippen molar-refractivity contribution in [2.45, 2.75) is 46.2 Å². The molecule has 3 heteroatoms. The van der Waals surface area contributed by atoms with Crippen molar-refractivity contribution in [3.63, 3.8) is 0 Å². The average molecular weight is 221 g/mol. The molecule has 0 aromatic carbocycles. The van der Waals surface area contributed by atoms with Crippen LogP contribution in [0.3, 0.4) is 0 Å². The number of rotatable bonds is 5. The highest BCUT2D eigenvalue weighted by atomic mass is 15.0. The molecule has 3 nitrogen and oxygen atoms in total. The number of nitrogens with zero attached hydrogens (tertiary/aromatic N) is 1. The largest absolute Gasteiger partial charge is 0.380 e. The van der Waals surface area contributed by atoms with E-state index in [0.717, 1.165) is 30.9 Å². The van der Waals surface area contributed by atoms with Crippen LogP contribution >= 0.6 is 0 Å². The molecular formula is C13H23N3. The van der Waals surface area contributed by atoms with Gasteiger partial charge in [0.1, 0.15) is 0 Å². The Bertz CT molecular complexity index is 315. The monoisotopic (exact) mass is 221 g/mol. The maximum Gasteiger partial charge on any atom is 0.0562 e. The lowest BCUT2D eigenvalue weighted by molar-refractivity contribution is 0.632. The zero-order chi connectivity index (χ0) is 12.0. The minimum atomic E-state index is 0.0927. The summed E-state index contributed by atoms with van der Waals surface area (Å²) in [6.45, 7) is 10.5. The molecule has 0 atom stereocenters. The molecule has 0 radical (unpaired) electrons. The van der Waals surface area contributed by atoms with E-state index in [4.69, 9.17) is 0 Å². The standard InChI is InChI=1S/C13H23N3/c1-5-7-14-10-12-9-11(6-8-15-12)16-13(2,3)4/h6,8-9,14H,5,7,10H2,1-4H3,(H,15,16). The number of aromatic nitrogens is 1. The first-order valence-corrected chi connectivity index (χ1v) is 5.95. The molecule has 2 N–H and O–H groups in total. The predicted octanol–water partition coefficient (Wildman–Crippen LogP) is 2.79. The number of hydrogen-bond acceptors (Lipinski definition) is 3. The van der Waals surface area contributed by atoms with E-state index in [9.17, 15) is 0 Å². The van der Waals surface area contributed by atoms with E-state index in [-0.39, 0.29) is 5.54 Å². The van der Waals surface area contributed by atoms with Gasteiger partial charge in [0.05, 0.1) is 5.69 Å². The highest BCUT2D eigenvalue weighted by Gasteiger charge is 2.09. The fourth-order valence-corrected chi connectivity index (χ4v) is 1.48. The Kier molecular flexibility index (Phi) is 4.74. The molecule has 1 heterocycles. The van der Waals surface area contributed by atoms with Crippen LogP contribution in [0.1, 0.15) is 39.8 Å². The first-order chi connectivity index (χ1) is 7.51. The minimum absolute atomic E-state index is 0.0927. The molecule has 90 valence electrons. The second-order valence-corrected chi connectivity index (χ2v) is 5.09. The molecule has 1 rings (SSSR count). The van der Waals surface area contributed by atoms with Crippen LogP contribution < -0.4 is 10.6 Å². The highest BCUT2D eigenvalue weighted by molar-refractivity contribution is 5.45. The molecule has 0 amide bonds. The van der Waals surface area contributed by atoms with Gasteiger partial charge < -0.3 is 10.6 Å². The number of hydrogen-bond donors (Lipinski definition) is 2. The first-order valence-electron chi connectivity index (χ1n) is 5.95. The van der Waals surface area contributed by atoms with Gasteiger partial charge in [-0.05, 0) is 45.9 Å². The Morgan fingerprint density at radius 1 is 1.31 bits per heavy atom. The van der Waals surface area contributed by atoms with Gasteiger partial charge in [-0.1, -0.05) is 6.92 Å². The van der Waals surface area contributed by atoms with Crippen LogP contribution in [0, 0.1) is 0 Å². The third kappa shape index (κ3) is 5.12. The van der Waals surface area contributed by atoms with E-state index in [1.165, 1.54) is 0 Å². The Morgan fingerprint density at radius 3 is 2.69 bits per heavy atom. The third-order valence-corrected chi connectivity index (χ3v) is 2.07. The lowest BCUT2D eigenvalue weighted by atomic mass is 10.1. The topological polar surface area (TPSA) is 37.0 Å². The van der Waals surface area contributed by atoms with Gasteiger partial charge in [0.2, 0.25) is 0 Å². The summed E-state index contributed by atoms with van der Waals surface area (Å²) < 4.78 is 0. The van der Waals surface area contributed by atoms with Gasteiger partial charge >= 0.3 is 0 Å². The van der Waals surface area contributed by atoms with Crippen molar-refractivity contribution in [2.75, 3.05) is 11.9 Å². The van der Waals surface area contributed by atoms with Crippen molar-refractivity contribution in [2.24, 2.45) is 0 Å². The van der Waals surface area contributed by atoms with E-state index in [0.29, 0.717) is 0 Å². The maximum absolute atomic E-state index is 4.34. The SMILES string of the molecule is CCCNCc1cc(NC(C)(C)C)ccn1.